The van der Waals surface area contributed by atoms with E-state index in [0.29, 0.717) is 0 Å². The highest BCUT2D eigenvalue weighted by atomic mass is 14.5. The Morgan fingerprint density at radius 2 is 0.635 bits per heavy atom. The van der Waals surface area contributed by atoms with Crippen molar-refractivity contribution >= 4 is 53.9 Å². The second kappa shape index (κ2) is 13.0. The number of fused-ring (bicyclic) bond motifs is 17. The zero-order valence-corrected chi connectivity index (χ0v) is 34.4. The van der Waals surface area contributed by atoms with E-state index in [1.807, 2.05) is 0 Å². The number of rotatable bonds is 3. The Balaban J connectivity index is 1.08. The fraction of sp³-hybridized carbons (Fsp3) is 0.0159. The van der Waals surface area contributed by atoms with Crippen molar-refractivity contribution in [2.24, 2.45) is 0 Å². The van der Waals surface area contributed by atoms with Gasteiger partial charge in [0.2, 0.25) is 0 Å². The molecule has 0 nitrogen and oxygen atoms in total. The molecule has 0 radical (unpaired) electrons. The third-order valence-electron chi connectivity index (χ3n) is 14.5. The van der Waals surface area contributed by atoms with Gasteiger partial charge in [0.1, 0.15) is 0 Å². The molecule has 0 aliphatic heterocycles. The summed E-state index contributed by atoms with van der Waals surface area (Å²) in [5.41, 5.74) is 17.8. The molecule has 0 saturated heterocycles. The van der Waals surface area contributed by atoms with Gasteiger partial charge in [0, 0.05) is 0 Å². The van der Waals surface area contributed by atoms with Crippen LogP contribution in [0.4, 0.5) is 0 Å². The maximum atomic E-state index is 2.61. The lowest BCUT2D eigenvalue weighted by molar-refractivity contribution is 0.795. The first kappa shape index (κ1) is 34.6. The van der Waals surface area contributed by atoms with Crippen LogP contribution in [-0.2, 0) is 5.41 Å². The molecule has 12 aromatic carbocycles. The lowest BCUT2D eigenvalue weighted by Gasteiger charge is -2.31. The Bertz CT molecular complexity index is 3790. The van der Waals surface area contributed by atoms with Gasteiger partial charge in [0.25, 0.3) is 0 Å². The first-order chi connectivity index (χ1) is 31.3. The van der Waals surface area contributed by atoms with Gasteiger partial charge in [-0.05, 0) is 138 Å². The molecule has 0 bridgehead atoms. The normalized spacial score (nSPS) is 13.2. The molecular formula is C63H38. The van der Waals surface area contributed by atoms with Gasteiger partial charge in [-0.1, -0.05) is 224 Å². The van der Waals surface area contributed by atoms with E-state index in [0.717, 1.165) is 0 Å². The summed E-state index contributed by atoms with van der Waals surface area (Å²) in [5, 5.41) is 12.7. The fourth-order valence-corrected chi connectivity index (χ4v) is 12.0. The summed E-state index contributed by atoms with van der Waals surface area (Å²) in [4.78, 5) is 0. The molecule has 0 heterocycles. The summed E-state index contributed by atoms with van der Waals surface area (Å²) in [5.74, 6) is 0. The Kier molecular flexibility index (Phi) is 7.13. The maximum absolute atomic E-state index is 2.61. The standard InChI is InChI=1S/C63H38/c1-3-19-43-39(16-1)18-15-29-44(43)41-32-34-42(35-33-41)59-50-25-7-9-27-52(50)60(53-28-10-8-26-51(53)59)54-38-58-62(49-24-6-5-21-46(49)54)61-45-20-4-2-17-40(45)36-37-57(61)63(58)55-30-13-11-22-47(55)48-23-12-14-31-56(48)63/h1-38H. The predicted molar refractivity (Wildman–Crippen MR) is 267 cm³/mol. The molecule has 0 aromatic heterocycles. The second-order valence-electron chi connectivity index (χ2n) is 17.4. The molecule has 0 unspecified atom stereocenters. The van der Waals surface area contributed by atoms with Gasteiger partial charge < -0.3 is 0 Å². The van der Waals surface area contributed by atoms with E-state index in [4.69, 9.17) is 0 Å². The van der Waals surface area contributed by atoms with E-state index in [9.17, 15) is 0 Å². The van der Waals surface area contributed by atoms with E-state index in [2.05, 4.69) is 231 Å². The van der Waals surface area contributed by atoms with Gasteiger partial charge in [-0.3, -0.25) is 0 Å². The third kappa shape index (κ3) is 4.60. The molecule has 2 aliphatic rings. The smallest absolute Gasteiger partial charge is 0.0619 e. The van der Waals surface area contributed by atoms with Gasteiger partial charge in [-0.15, -0.1) is 0 Å². The van der Waals surface area contributed by atoms with E-state index < -0.39 is 5.41 Å². The van der Waals surface area contributed by atoms with Crippen molar-refractivity contribution in [1.29, 1.82) is 0 Å². The highest BCUT2D eigenvalue weighted by molar-refractivity contribution is 6.25. The SMILES string of the molecule is c1ccc2c(c1)-c1ccccc1C21c2ccc3ccccc3c2-c2c1cc(-c1c3ccccc3c(-c3ccc(-c4cccc5ccccc45)cc3)c3ccccc13)c1ccccc21. The molecule has 0 atom stereocenters. The maximum Gasteiger partial charge on any atom is 0.0726 e. The molecule has 14 rings (SSSR count). The van der Waals surface area contributed by atoms with Crippen molar-refractivity contribution in [3.63, 3.8) is 0 Å². The average Bonchev–Trinajstić information content (AvgIpc) is 3.83. The minimum Gasteiger partial charge on any atom is -0.0619 e. The molecule has 0 N–H and O–H groups in total. The van der Waals surface area contributed by atoms with Crippen LogP contribution < -0.4 is 0 Å². The third-order valence-corrected chi connectivity index (χ3v) is 14.5. The molecule has 0 heteroatoms. The highest BCUT2D eigenvalue weighted by Gasteiger charge is 2.52. The average molecular weight is 795 g/mol. The lowest BCUT2D eigenvalue weighted by Crippen LogP contribution is -2.26. The monoisotopic (exact) mass is 794 g/mol. The fourth-order valence-electron chi connectivity index (χ4n) is 12.0. The minimum atomic E-state index is -0.488. The highest BCUT2D eigenvalue weighted by Crippen LogP contribution is 2.65. The molecule has 1 spiro atoms. The second-order valence-corrected chi connectivity index (χ2v) is 17.4. The summed E-state index contributed by atoms with van der Waals surface area (Å²) in [7, 11) is 0. The molecule has 63 heavy (non-hydrogen) atoms. The Morgan fingerprint density at radius 1 is 0.206 bits per heavy atom. The van der Waals surface area contributed by atoms with Gasteiger partial charge in [0.15, 0.2) is 0 Å². The summed E-state index contributed by atoms with van der Waals surface area (Å²) < 4.78 is 0. The first-order valence-corrected chi connectivity index (χ1v) is 22.1. The van der Waals surface area contributed by atoms with Crippen molar-refractivity contribution < 1.29 is 0 Å². The van der Waals surface area contributed by atoms with Crippen molar-refractivity contribution in [2.75, 3.05) is 0 Å². The van der Waals surface area contributed by atoms with E-state index in [1.165, 1.54) is 132 Å². The Hall–Kier alpha value is -8.06. The van der Waals surface area contributed by atoms with Gasteiger partial charge >= 0.3 is 0 Å². The zero-order chi connectivity index (χ0) is 41.2. The van der Waals surface area contributed by atoms with Crippen LogP contribution in [-0.4, -0.2) is 0 Å². The molecular weight excluding hydrogens is 757 g/mol. The van der Waals surface area contributed by atoms with Crippen LogP contribution in [0.3, 0.4) is 0 Å². The van der Waals surface area contributed by atoms with Crippen molar-refractivity contribution in [1.82, 2.24) is 0 Å². The lowest BCUT2D eigenvalue weighted by atomic mass is 9.69. The van der Waals surface area contributed by atoms with Crippen LogP contribution >= 0.6 is 0 Å². The van der Waals surface area contributed by atoms with Crippen LogP contribution in [0.15, 0.2) is 231 Å². The topological polar surface area (TPSA) is 0 Å². The van der Waals surface area contributed by atoms with Crippen LogP contribution in [0.25, 0.3) is 109 Å². The molecule has 0 saturated carbocycles. The van der Waals surface area contributed by atoms with Gasteiger partial charge in [-0.25, -0.2) is 0 Å². The Labute approximate surface area is 366 Å². The van der Waals surface area contributed by atoms with Crippen molar-refractivity contribution in [3.05, 3.63) is 253 Å². The van der Waals surface area contributed by atoms with Crippen molar-refractivity contribution in [3.8, 4) is 55.6 Å². The number of hydrogen-bond donors (Lipinski definition) is 0. The van der Waals surface area contributed by atoms with Crippen LogP contribution in [0.2, 0.25) is 0 Å². The molecule has 2 aliphatic carbocycles. The number of benzene rings is 12. The molecule has 12 aromatic rings. The van der Waals surface area contributed by atoms with E-state index >= 15 is 0 Å². The zero-order valence-electron chi connectivity index (χ0n) is 34.4. The van der Waals surface area contributed by atoms with Crippen LogP contribution in [0.5, 0.6) is 0 Å². The number of hydrogen-bond acceptors (Lipinski definition) is 0. The molecule has 290 valence electrons. The minimum absolute atomic E-state index is 0.488. The van der Waals surface area contributed by atoms with Crippen LogP contribution in [0.1, 0.15) is 22.3 Å². The summed E-state index contributed by atoms with van der Waals surface area (Å²) in [6.45, 7) is 0. The van der Waals surface area contributed by atoms with Gasteiger partial charge in [0.05, 0.1) is 5.41 Å². The van der Waals surface area contributed by atoms with Crippen molar-refractivity contribution in [2.45, 2.75) is 5.41 Å². The molecule has 0 amide bonds. The summed E-state index contributed by atoms with van der Waals surface area (Å²) in [6, 6.07) is 86.7. The summed E-state index contributed by atoms with van der Waals surface area (Å²) >= 11 is 0. The predicted octanol–water partition coefficient (Wildman–Crippen LogP) is 16.8. The largest absolute Gasteiger partial charge is 0.0726 e. The quantitative estimate of drug-likeness (QED) is 0.156. The summed E-state index contributed by atoms with van der Waals surface area (Å²) in [6.07, 6.45) is 0. The van der Waals surface area contributed by atoms with E-state index in [1.54, 1.807) is 0 Å². The van der Waals surface area contributed by atoms with E-state index in [-0.39, 0.29) is 0 Å². The van der Waals surface area contributed by atoms with Gasteiger partial charge in [-0.2, -0.15) is 0 Å². The first-order valence-electron chi connectivity index (χ1n) is 22.1. The molecule has 0 fully saturated rings. The Morgan fingerprint density at radius 3 is 1.27 bits per heavy atom. The van der Waals surface area contributed by atoms with Crippen LogP contribution in [0, 0.1) is 0 Å².